The molecular formula is C14H10ClFN4O. The molecule has 3 rings (SSSR count). The summed E-state index contributed by atoms with van der Waals surface area (Å²) in [5.41, 5.74) is 0.906. The van der Waals surface area contributed by atoms with Crippen LogP contribution in [-0.4, -0.2) is 19.7 Å². The van der Waals surface area contributed by atoms with Gasteiger partial charge in [-0.05, 0) is 37.3 Å². The molecule has 0 saturated carbocycles. The van der Waals surface area contributed by atoms with Gasteiger partial charge in [0.2, 0.25) is 0 Å². The molecule has 5 nitrogen and oxygen atoms in total. The van der Waals surface area contributed by atoms with Crippen LogP contribution in [0.2, 0.25) is 5.02 Å². The van der Waals surface area contributed by atoms with Crippen LogP contribution < -0.4 is 5.56 Å². The van der Waals surface area contributed by atoms with E-state index in [4.69, 9.17) is 11.6 Å². The van der Waals surface area contributed by atoms with Crippen LogP contribution in [0.3, 0.4) is 0 Å². The monoisotopic (exact) mass is 304 g/mol. The van der Waals surface area contributed by atoms with E-state index in [1.54, 1.807) is 23.7 Å². The molecule has 106 valence electrons. The van der Waals surface area contributed by atoms with Gasteiger partial charge in [0.1, 0.15) is 16.7 Å². The van der Waals surface area contributed by atoms with Gasteiger partial charge in [-0.25, -0.2) is 14.1 Å². The smallest absolute Gasteiger partial charge is 0.266 e. The van der Waals surface area contributed by atoms with E-state index in [0.29, 0.717) is 22.9 Å². The minimum Gasteiger partial charge on any atom is -0.327 e. The van der Waals surface area contributed by atoms with Gasteiger partial charge in [-0.15, -0.1) is 0 Å². The van der Waals surface area contributed by atoms with Crippen LogP contribution in [0.4, 0.5) is 4.39 Å². The molecule has 2 aromatic heterocycles. The second-order valence-corrected chi connectivity index (χ2v) is 4.84. The van der Waals surface area contributed by atoms with Crippen LogP contribution >= 0.6 is 11.6 Å². The third-order valence-corrected chi connectivity index (χ3v) is 3.18. The number of aryl methyl sites for hydroxylation is 1. The van der Waals surface area contributed by atoms with E-state index < -0.39 is 0 Å². The number of benzene rings is 1. The molecule has 0 bridgehead atoms. The van der Waals surface area contributed by atoms with Crippen LogP contribution in [-0.2, 0) is 0 Å². The summed E-state index contributed by atoms with van der Waals surface area (Å²) in [6.45, 7) is 1.75. The number of aromatic nitrogens is 4. The molecule has 1 N–H and O–H groups in total. The van der Waals surface area contributed by atoms with Crippen molar-refractivity contribution in [2.24, 2.45) is 0 Å². The number of nitrogens with one attached hydrogen (secondary N) is 1. The summed E-state index contributed by atoms with van der Waals surface area (Å²) in [5.74, 6) is 0.734. The molecule has 7 heteroatoms. The Morgan fingerprint density at radius 1 is 1.29 bits per heavy atom. The summed E-state index contributed by atoms with van der Waals surface area (Å²) in [6.07, 6.45) is 1.51. The standard InChI is InChI=1S/C14H10ClFN4O/c1-8-18-13(9-6-12(15)14(21)17-7-9)20(19-8)11-4-2-10(16)3-5-11/h2-7H,1H3,(H,17,21). The lowest BCUT2D eigenvalue weighted by molar-refractivity contribution is 0.627. The molecule has 0 aliphatic carbocycles. The van der Waals surface area contributed by atoms with E-state index in [-0.39, 0.29) is 16.4 Å². The number of rotatable bonds is 2. The van der Waals surface area contributed by atoms with Crippen molar-refractivity contribution >= 4 is 11.6 Å². The molecule has 0 amide bonds. The van der Waals surface area contributed by atoms with Gasteiger partial charge >= 0.3 is 0 Å². The Bertz CT molecular complexity index is 854. The van der Waals surface area contributed by atoms with Crippen molar-refractivity contribution in [3.05, 3.63) is 63.5 Å². The minimum atomic E-state index is -0.370. The molecule has 2 heterocycles. The first-order valence-electron chi connectivity index (χ1n) is 6.13. The van der Waals surface area contributed by atoms with Crippen LogP contribution in [0.25, 0.3) is 17.1 Å². The van der Waals surface area contributed by atoms with Crippen LogP contribution in [0.15, 0.2) is 41.3 Å². The van der Waals surface area contributed by atoms with Crippen molar-refractivity contribution in [1.29, 1.82) is 0 Å². The average Bonchev–Trinajstić information content (AvgIpc) is 2.85. The fourth-order valence-corrected chi connectivity index (χ4v) is 2.12. The quantitative estimate of drug-likeness (QED) is 0.792. The number of hydrogen-bond acceptors (Lipinski definition) is 3. The highest BCUT2D eigenvalue weighted by Crippen LogP contribution is 2.21. The second kappa shape index (κ2) is 5.14. The Morgan fingerprint density at radius 2 is 2.00 bits per heavy atom. The maximum Gasteiger partial charge on any atom is 0.266 e. The molecule has 0 aliphatic rings. The largest absolute Gasteiger partial charge is 0.327 e. The molecule has 3 aromatic rings. The number of pyridine rings is 1. The third-order valence-electron chi connectivity index (χ3n) is 2.90. The summed E-state index contributed by atoms with van der Waals surface area (Å²) in [6, 6.07) is 7.40. The zero-order valence-corrected chi connectivity index (χ0v) is 11.7. The van der Waals surface area contributed by atoms with Gasteiger partial charge in [0, 0.05) is 11.8 Å². The maximum absolute atomic E-state index is 13.0. The normalized spacial score (nSPS) is 10.8. The summed E-state index contributed by atoms with van der Waals surface area (Å²) >= 11 is 5.84. The van der Waals surface area contributed by atoms with Gasteiger partial charge in [-0.3, -0.25) is 4.79 Å². The molecule has 0 atom stereocenters. The Kier molecular flexibility index (Phi) is 3.31. The van der Waals surface area contributed by atoms with Crippen LogP contribution in [0, 0.1) is 12.7 Å². The molecule has 0 fully saturated rings. The van der Waals surface area contributed by atoms with E-state index >= 15 is 0 Å². The van der Waals surface area contributed by atoms with Crippen LogP contribution in [0.5, 0.6) is 0 Å². The van der Waals surface area contributed by atoms with E-state index in [1.807, 2.05) is 0 Å². The first-order valence-corrected chi connectivity index (χ1v) is 6.50. The highest BCUT2D eigenvalue weighted by molar-refractivity contribution is 6.30. The SMILES string of the molecule is Cc1nc(-c2c[nH]c(=O)c(Cl)c2)n(-c2ccc(F)cc2)n1. The molecule has 0 unspecified atom stereocenters. The van der Waals surface area contributed by atoms with Gasteiger partial charge in [0.15, 0.2) is 5.82 Å². The Balaban J connectivity index is 2.17. The first-order chi connectivity index (χ1) is 10.0. The predicted molar refractivity (Wildman–Crippen MR) is 77.1 cm³/mol. The van der Waals surface area contributed by atoms with E-state index in [1.165, 1.54) is 24.4 Å². The van der Waals surface area contributed by atoms with Gasteiger partial charge in [-0.2, -0.15) is 5.10 Å². The third kappa shape index (κ3) is 2.57. The molecule has 1 aromatic carbocycles. The first kappa shape index (κ1) is 13.5. The lowest BCUT2D eigenvalue weighted by Gasteiger charge is -2.06. The maximum atomic E-state index is 13.0. The topological polar surface area (TPSA) is 63.6 Å². The second-order valence-electron chi connectivity index (χ2n) is 4.44. The van der Waals surface area contributed by atoms with Gasteiger partial charge in [-0.1, -0.05) is 11.6 Å². The molecule has 0 aliphatic heterocycles. The summed E-state index contributed by atoms with van der Waals surface area (Å²) in [5, 5.41) is 4.36. The fourth-order valence-electron chi connectivity index (χ4n) is 1.95. The molecule has 21 heavy (non-hydrogen) atoms. The van der Waals surface area contributed by atoms with Crippen molar-refractivity contribution in [3.8, 4) is 17.1 Å². The van der Waals surface area contributed by atoms with Gasteiger partial charge in [0.25, 0.3) is 5.56 Å². The lowest BCUT2D eigenvalue weighted by atomic mass is 10.2. The van der Waals surface area contributed by atoms with E-state index in [9.17, 15) is 9.18 Å². The molecule has 0 spiro atoms. The summed E-state index contributed by atoms with van der Waals surface area (Å²) < 4.78 is 14.6. The predicted octanol–water partition coefficient (Wildman–Crippen LogP) is 2.72. The minimum absolute atomic E-state index is 0.0683. The molecule has 0 radical (unpaired) electrons. The summed E-state index contributed by atoms with van der Waals surface area (Å²) in [4.78, 5) is 18.2. The zero-order valence-electron chi connectivity index (χ0n) is 11.0. The highest BCUT2D eigenvalue weighted by Gasteiger charge is 2.13. The number of nitrogens with zero attached hydrogens (tertiary/aromatic N) is 3. The number of hydrogen-bond donors (Lipinski definition) is 1. The van der Waals surface area contributed by atoms with Crippen molar-refractivity contribution < 1.29 is 4.39 Å². The highest BCUT2D eigenvalue weighted by atomic mass is 35.5. The Morgan fingerprint density at radius 3 is 2.67 bits per heavy atom. The van der Waals surface area contributed by atoms with Gasteiger partial charge < -0.3 is 4.98 Å². The Hall–Kier alpha value is -2.47. The fraction of sp³-hybridized carbons (Fsp3) is 0.0714. The molecule has 0 saturated heterocycles. The van der Waals surface area contributed by atoms with Crippen LogP contribution in [0.1, 0.15) is 5.82 Å². The van der Waals surface area contributed by atoms with Gasteiger partial charge in [0.05, 0.1) is 5.69 Å². The lowest BCUT2D eigenvalue weighted by Crippen LogP contribution is -2.06. The van der Waals surface area contributed by atoms with Crippen molar-refractivity contribution in [3.63, 3.8) is 0 Å². The van der Waals surface area contributed by atoms with E-state index in [2.05, 4.69) is 15.1 Å². The van der Waals surface area contributed by atoms with E-state index in [0.717, 1.165) is 0 Å². The van der Waals surface area contributed by atoms with Crippen molar-refractivity contribution in [2.75, 3.05) is 0 Å². The average molecular weight is 305 g/mol. The Labute approximate surface area is 124 Å². The molecular weight excluding hydrogens is 295 g/mol. The number of aromatic amines is 1. The van der Waals surface area contributed by atoms with Crippen molar-refractivity contribution in [1.82, 2.24) is 19.7 Å². The summed E-state index contributed by atoms with van der Waals surface area (Å²) in [7, 11) is 0. The zero-order chi connectivity index (χ0) is 15.0. The number of halogens is 2. The number of H-pyrrole nitrogens is 1. The van der Waals surface area contributed by atoms with Crippen molar-refractivity contribution in [2.45, 2.75) is 6.92 Å².